The van der Waals surface area contributed by atoms with Crippen molar-refractivity contribution in [3.05, 3.63) is 46.7 Å². The Kier molecular flexibility index (Phi) is 6.28. The molecule has 1 spiro atoms. The highest BCUT2D eigenvalue weighted by Crippen LogP contribution is 2.45. The van der Waals surface area contributed by atoms with Crippen molar-refractivity contribution in [3.8, 4) is 17.3 Å². The van der Waals surface area contributed by atoms with Gasteiger partial charge in [-0.2, -0.15) is 19.7 Å². The molecular formula is C29H31FN8O2S. The number of hydrogen-bond acceptors (Lipinski definition) is 9. The van der Waals surface area contributed by atoms with Crippen molar-refractivity contribution >= 4 is 44.9 Å². The normalized spacial score (nSPS) is 16.0. The fraction of sp³-hybridized carbons (Fsp3) is 0.414. The Morgan fingerprint density at radius 2 is 1.90 bits per heavy atom. The summed E-state index contributed by atoms with van der Waals surface area (Å²) >= 11 is 1.29. The van der Waals surface area contributed by atoms with Crippen molar-refractivity contribution in [1.29, 1.82) is 5.26 Å². The summed E-state index contributed by atoms with van der Waals surface area (Å²) in [6.45, 7) is 9.76. The molecule has 1 N–H and O–H groups in total. The monoisotopic (exact) mass is 574 g/mol. The van der Waals surface area contributed by atoms with Gasteiger partial charge >= 0.3 is 0 Å². The lowest BCUT2D eigenvalue weighted by Crippen LogP contribution is -2.74. The molecule has 0 unspecified atom stereocenters. The number of benzene rings is 1. The van der Waals surface area contributed by atoms with Crippen molar-refractivity contribution < 1.29 is 14.3 Å². The fourth-order valence-electron chi connectivity index (χ4n) is 5.76. The number of aromatic nitrogens is 4. The van der Waals surface area contributed by atoms with E-state index in [9.17, 15) is 15.2 Å². The maximum atomic E-state index is 15.3. The highest BCUT2D eigenvalue weighted by Gasteiger charge is 2.55. The van der Waals surface area contributed by atoms with Crippen molar-refractivity contribution in [2.75, 3.05) is 43.0 Å². The SMILES string of the molecule is CCn1nc2nc(F)c(N3CC4(CN(C(=O)C(C)(C)O)C4)C3)cc2c1N(C)c1nc(-c2ccc(C)cc2)c(C#N)s1. The molecule has 2 aliphatic rings. The molecule has 6 rings (SSSR count). The molecular weight excluding hydrogens is 543 g/mol. The van der Waals surface area contributed by atoms with Crippen LogP contribution in [0, 0.1) is 29.6 Å². The molecule has 10 nitrogen and oxygen atoms in total. The van der Waals surface area contributed by atoms with Gasteiger partial charge in [-0.3, -0.25) is 4.79 Å². The van der Waals surface area contributed by atoms with Crippen LogP contribution in [0.4, 0.5) is 21.0 Å². The highest BCUT2D eigenvalue weighted by atomic mass is 32.1. The van der Waals surface area contributed by atoms with Crippen LogP contribution in [-0.4, -0.2) is 74.5 Å². The highest BCUT2D eigenvalue weighted by molar-refractivity contribution is 7.16. The molecule has 0 atom stereocenters. The number of aliphatic hydroxyl groups is 1. The number of hydrogen-bond donors (Lipinski definition) is 1. The first-order chi connectivity index (χ1) is 19.4. The predicted molar refractivity (Wildman–Crippen MR) is 156 cm³/mol. The molecule has 2 aliphatic heterocycles. The second-order valence-electron chi connectivity index (χ2n) is 11.6. The molecule has 0 saturated carbocycles. The number of aryl methyl sites for hydroxylation is 2. The number of halogens is 1. The summed E-state index contributed by atoms with van der Waals surface area (Å²) in [6.07, 6.45) is 0. The third-order valence-electron chi connectivity index (χ3n) is 7.84. The van der Waals surface area contributed by atoms with Gasteiger partial charge in [-0.05, 0) is 33.8 Å². The van der Waals surface area contributed by atoms with Crippen molar-refractivity contribution in [1.82, 2.24) is 24.6 Å². The lowest BCUT2D eigenvalue weighted by molar-refractivity contribution is -0.162. The van der Waals surface area contributed by atoms with E-state index in [0.29, 0.717) is 71.0 Å². The zero-order valence-corrected chi connectivity index (χ0v) is 24.5. The number of carbonyl (C=O) groups is 1. The van der Waals surface area contributed by atoms with E-state index < -0.39 is 11.5 Å². The summed E-state index contributed by atoms with van der Waals surface area (Å²) in [6, 6.07) is 12.0. The smallest absolute Gasteiger partial charge is 0.253 e. The van der Waals surface area contributed by atoms with Crippen LogP contribution < -0.4 is 9.80 Å². The van der Waals surface area contributed by atoms with Gasteiger partial charge in [0.2, 0.25) is 5.95 Å². The van der Waals surface area contributed by atoms with E-state index in [4.69, 9.17) is 4.98 Å². The zero-order chi connectivity index (χ0) is 29.3. The summed E-state index contributed by atoms with van der Waals surface area (Å²) in [4.78, 5) is 27.4. The van der Waals surface area contributed by atoms with Crippen LogP contribution in [0.1, 0.15) is 31.2 Å². The number of likely N-dealkylation sites (tertiary alicyclic amines) is 1. The van der Waals surface area contributed by atoms with Gasteiger partial charge in [0, 0.05) is 50.7 Å². The van der Waals surface area contributed by atoms with Gasteiger partial charge in [0.15, 0.2) is 10.8 Å². The average molecular weight is 575 g/mol. The van der Waals surface area contributed by atoms with E-state index in [1.165, 1.54) is 25.2 Å². The number of carbonyl (C=O) groups excluding carboxylic acids is 1. The molecule has 1 amide bonds. The van der Waals surface area contributed by atoms with E-state index in [0.717, 1.165) is 11.1 Å². The van der Waals surface area contributed by atoms with E-state index in [1.807, 2.05) is 55.0 Å². The first-order valence-electron chi connectivity index (χ1n) is 13.5. The number of nitriles is 1. The molecule has 2 saturated heterocycles. The molecule has 0 aliphatic carbocycles. The number of thiazole rings is 1. The van der Waals surface area contributed by atoms with Crippen molar-refractivity contribution in [2.45, 2.75) is 39.8 Å². The van der Waals surface area contributed by atoms with Gasteiger partial charge in [-0.15, -0.1) is 0 Å². The van der Waals surface area contributed by atoms with Gasteiger partial charge in [-0.1, -0.05) is 41.2 Å². The van der Waals surface area contributed by atoms with Gasteiger partial charge in [0.1, 0.15) is 28.1 Å². The van der Waals surface area contributed by atoms with E-state index in [1.54, 1.807) is 15.6 Å². The summed E-state index contributed by atoms with van der Waals surface area (Å²) in [5.41, 5.74) is 1.80. The summed E-state index contributed by atoms with van der Waals surface area (Å²) in [5.74, 6) is -0.165. The lowest BCUT2D eigenvalue weighted by Gasteiger charge is -2.61. The minimum atomic E-state index is -1.40. The largest absolute Gasteiger partial charge is 0.381 e. The molecule has 41 heavy (non-hydrogen) atoms. The number of amides is 1. The Morgan fingerprint density at radius 1 is 1.22 bits per heavy atom. The number of rotatable bonds is 6. The lowest BCUT2D eigenvalue weighted by atomic mass is 9.72. The topological polar surface area (TPSA) is 114 Å². The summed E-state index contributed by atoms with van der Waals surface area (Å²) in [5, 5.41) is 25.7. The molecule has 212 valence electrons. The van der Waals surface area contributed by atoms with E-state index in [-0.39, 0.29) is 11.3 Å². The van der Waals surface area contributed by atoms with Crippen LogP contribution in [0.15, 0.2) is 30.3 Å². The maximum Gasteiger partial charge on any atom is 0.253 e. The zero-order valence-electron chi connectivity index (χ0n) is 23.6. The van der Waals surface area contributed by atoms with Crippen LogP contribution in [0.2, 0.25) is 0 Å². The summed E-state index contributed by atoms with van der Waals surface area (Å²) in [7, 11) is 1.87. The number of fused-ring (bicyclic) bond motifs is 1. The number of nitrogens with zero attached hydrogens (tertiary/aromatic N) is 8. The van der Waals surface area contributed by atoms with Crippen molar-refractivity contribution in [2.24, 2.45) is 5.41 Å². The first kappa shape index (κ1) is 27.1. The minimum absolute atomic E-state index is 0.101. The molecule has 4 aromatic rings. The van der Waals surface area contributed by atoms with Gasteiger partial charge in [0.25, 0.3) is 5.91 Å². The van der Waals surface area contributed by atoms with Gasteiger partial charge in [0.05, 0.1) is 11.1 Å². The second kappa shape index (κ2) is 9.49. The Morgan fingerprint density at radius 3 is 2.51 bits per heavy atom. The van der Waals surface area contributed by atoms with E-state index >= 15 is 4.39 Å². The standard InChI is InChI=1S/C29H31FN8O2S/c1-6-38-25(35(5)27-32-22(21(12-31)41-27)18-9-7-17(2)8-10-18)19-11-20(23(30)33-24(19)34-38)36-13-29(14-36)15-37(16-29)26(39)28(3,4)40/h7-11,40H,6,13-16H2,1-5H3. The third-order valence-corrected chi connectivity index (χ3v) is 8.88. The Hall–Kier alpha value is -4.08. The van der Waals surface area contributed by atoms with Crippen LogP contribution >= 0.6 is 11.3 Å². The number of pyridine rings is 1. The molecule has 5 heterocycles. The average Bonchev–Trinajstić information content (AvgIpc) is 3.47. The fourth-order valence-corrected chi connectivity index (χ4v) is 6.61. The molecule has 1 aromatic carbocycles. The molecule has 12 heteroatoms. The maximum absolute atomic E-state index is 15.3. The summed E-state index contributed by atoms with van der Waals surface area (Å²) < 4.78 is 17.0. The Balaban J connectivity index is 1.30. The van der Waals surface area contributed by atoms with E-state index in [2.05, 4.69) is 16.2 Å². The van der Waals surface area contributed by atoms with Crippen LogP contribution in [0.3, 0.4) is 0 Å². The van der Waals surface area contributed by atoms with Crippen LogP contribution in [0.5, 0.6) is 0 Å². The van der Waals surface area contributed by atoms with Crippen LogP contribution in [-0.2, 0) is 11.3 Å². The quantitative estimate of drug-likeness (QED) is 0.343. The third kappa shape index (κ3) is 4.49. The molecule has 0 bridgehead atoms. The van der Waals surface area contributed by atoms with Gasteiger partial charge < -0.3 is 19.8 Å². The Bertz CT molecular complexity index is 1700. The van der Waals surface area contributed by atoms with Crippen molar-refractivity contribution in [3.63, 3.8) is 0 Å². The Labute approximate surface area is 241 Å². The molecule has 3 aromatic heterocycles. The minimum Gasteiger partial charge on any atom is -0.381 e. The number of anilines is 3. The molecule has 0 radical (unpaired) electrons. The first-order valence-corrected chi connectivity index (χ1v) is 14.3. The second-order valence-corrected chi connectivity index (χ2v) is 12.6. The molecule has 2 fully saturated rings. The van der Waals surface area contributed by atoms with Crippen LogP contribution in [0.25, 0.3) is 22.3 Å². The van der Waals surface area contributed by atoms with Gasteiger partial charge in [-0.25, -0.2) is 9.67 Å². The predicted octanol–water partition coefficient (Wildman–Crippen LogP) is 4.08.